The third-order valence-electron chi connectivity index (χ3n) is 3.91. The van der Waals surface area contributed by atoms with E-state index in [1.54, 1.807) is 13.8 Å². The minimum Gasteiger partial charge on any atom is -0.490 e. The number of nitrogens with zero attached hydrogens (tertiary/aromatic N) is 2. The molecule has 0 amide bonds. The van der Waals surface area contributed by atoms with Crippen LogP contribution in [0.2, 0.25) is 0 Å². The van der Waals surface area contributed by atoms with Crippen molar-refractivity contribution in [3.8, 4) is 5.75 Å². The Balaban J connectivity index is 1.68. The van der Waals surface area contributed by atoms with Crippen LogP contribution in [0.3, 0.4) is 0 Å². The number of hydrogen-bond donors (Lipinski definition) is 2. The van der Waals surface area contributed by atoms with Crippen molar-refractivity contribution in [3.05, 3.63) is 58.4 Å². The van der Waals surface area contributed by atoms with Crippen molar-refractivity contribution in [3.63, 3.8) is 0 Å². The predicted molar refractivity (Wildman–Crippen MR) is 87.8 cm³/mol. The van der Waals surface area contributed by atoms with E-state index in [-0.39, 0.29) is 18.7 Å². The first-order valence-electron chi connectivity index (χ1n) is 7.46. The van der Waals surface area contributed by atoms with Crippen LogP contribution < -0.4 is 10.3 Å². The lowest BCUT2D eigenvalue weighted by molar-refractivity contribution is 0.0919. The molecule has 0 unspecified atom stereocenters. The molecule has 2 heterocycles. The number of ether oxygens (including phenoxy) is 1. The Morgan fingerprint density at radius 2 is 2.17 bits per heavy atom. The van der Waals surface area contributed by atoms with Crippen molar-refractivity contribution in [2.75, 3.05) is 6.61 Å². The maximum Gasteiger partial charge on any atom is 0.256 e. The number of fused-ring (bicyclic) bond motifs is 1. The fourth-order valence-electron chi connectivity index (χ4n) is 2.45. The third kappa shape index (κ3) is 3.12. The summed E-state index contributed by atoms with van der Waals surface area (Å²) < 4.78 is 7.11. The van der Waals surface area contributed by atoms with Crippen LogP contribution in [0.4, 0.5) is 0 Å². The average Bonchev–Trinajstić information content (AvgIpc) is 3.02. The molecule has 1 atom stereocenters. The number of nitrogens with one attached hydrogen (secondary N) is 1. The highest BCUT2D eigenvalue weighted by atomic mass is 16.5. The van der Waals surface area contributed by atoms with Crippen LogP contribution in [0.25, 0.3) is 10.9 Å². The SMILES string of the molecule is Cc1ncn(C[C@@H](O)COc2cccc3[nH]ccc23)c(=O)c1C. The van der Waals surface area contributed by atoms with Crippen LogP contribution in [-0.2, 0) is 6.54 Å². The Morgan fingerprint density at radius 3 is 3.00 bits per heavy atom. The van der Waals surface area contributed by atoms with Crippen LogP contribution in [0.1, 0.15) is 11.3 Å². The Kier molecular flexibility index (Phi) is 4.16. The Labute approximate surface area is 133 Å². The summed E-state index contributed by atoms with van der Waals surface area (Å²) in [6.45, 7) is 3.77. The normalized spacial score (nSPS) is 12.5. The van der Waals surface area contributed by atoms with Gasteiger partial charge in [0.25, 0.3) is 5.56 Å². The molecule has 3 rings (SSSR count). The van der Waals surface area contributed by atoms with E-state index in [1.807, 2.05) is 30.5 Å². The van der Waals surface area contributed by atoms with Crippen molar-refractivity contribution >= 4 is 10.9 Å². The molecule has 6 heteroatoms. The molecule has 0 fully saturated rings. The molecule has 0 bridgehead atoms. The molecule has 6 nitrogen and oxygen atoms in total. The number of aliphatic hydroxyl groups is 1. The van der Waals surface area contributed by atoms with Gasteiger partial charge in [-0.2, -0.15) is 0 Å². The summed E-state index contributed by atoms with van der Waals surface area (Å²) >= 11 is 0. The molecule has 1 aromatic carbocycles. The number of aromatic nitrogens is 3. The van der Waals surface area contributed by atoms with Crippen molar-refractivity contribution < 1.29 is 9.84 Å². The zero-order valence-corrected chi connectivity index (χ0v) is 13.1. The second kappa shape index (κ2) is 6.26. The summed E-state index contributed by atoms with van der Waals surface area (Å²) in [6.07, 6.45) is 2.50. The van der Waals surface area contributed by atoms with Gasteiger partial charge in [0.05, 0.1) is 12.9 Å². The Hall–Kier alpha value is -2.60. The van der Waals surface area contributed by atoms with Crippen molar-refractivity contribution in [1.29, 1.82) is 0 Å². The molecular weight excluding hydrogens is 294 g/mol. The van der Waals surface area contributed by atoms with Gasteiger partial charge in [-0.25, -0.2) is 4.98 Å². The maximum atomic E-state index is 12.1. The van der Waals surface area contributed by atoms with Gasteiger partial charge in [-0.1, -0.05) is 6.07 Å². The van der Waals surface area contributed by atoms with E-state index < -0.39 is 6.10 Å². The molecular formula is C17H19N3O3. The van der Waals surface area contributed by atoms with E-state index in [4.69, 9.17) is 4.74 Å². The molecule has 0 saturated heterocycles. The van der Waals surface area contributed by atoms with E-state index >= 15 is 0 Å². The minimum atomic E-state index is -0.800. The lowest BCUT2D eigenvalue weighted by Gasteiger charge is -2.15. The van der Waals surface area contributed by atoms with Crippen molar-refractivity contribution in [1.82, 2.24) is 14.5 Å². The smallest absolute Gasteiger partial charge is 0.256 e. The number of aliphatic hydroxyl groups excluding tert-OH is 1. The zero-order valence-electron chi connectivity index (χ0n) is 13.1. The fourth-order valence-corrected chi connectivity index (χ4v) is 2.45. The van der Waals surface area contributed by atoms with Gasteiger partial charge in [0.1, 0.15) is 18.5 Å². The summed E-state index contributed by atoms with van der Waals surface area (Å²) in [6, 6.07) is 7.62. The topological polar surface area (TPSA) is 80.1 Å². The standard InChI is InChI=1S/C17H19N3O3/c1-11-12(2)19-10-20(17(11)22)8-13(21)9-23-16-5-3-4-15-14(16)6-7-18-15/h3-7,10,13,18,21H,8-9H2,1-2H3/t13-/m1/s1. The van der Waals surface area contributed by atoms with Gasteiger partial charge in [-0.15, -0.1) is 0 Å². The number of aromatic amines is 1. The van der Waals surface area contributed by atoms with Gasteiger partial charge in [0, 0.05) is 28.4 Å². The highest BCUT2D eigenvalue weighted by Crippen LogP contribution is 2.24. The molecule has 0 spiro atoms. The van der Waals surface area contributed by atoms with Gasteiger partial charge in [-0.05, 0) is 32.0 Å². The van der Waals surface area contributed by atoms with E-state index in [0.29, 0.717) is 17.0 Å². The first-order chi connectivity index (χ1) is 11.1. The number of hydrogen-bond acceptors (Lipinski definition) is 4. The molecule has 23 heavy (non-hydrogen) atoms. The number of rotatable bonds is 5. The largest absolute Gasteiger partial charge is 0.490 e. The second-order valence-corrected chi connectivity index (χ2v) is 5.57. The van der Waals surface area contributed by atoms with Gasteiger partial charge in [0.15, 0.2) is 0 Å². The summed E-state index contributed by atoms with van der Waals surface area (Å²) in [5, 5.41) is 11.1. The van der Waals surface area contributed by atoms with Crippen LogP contribution in [-0.4, -0.2) is 32.4 Å². The molecule has 3 aromatic rings. The number of H-pyrrole nitrogens is 1. The second-order valence-electron chi connectivity index (χ2n) is 5.57. The van der Waals surface area contributed by atoms with Gasteiger partial charge in [-0.3, -0.25) is 9.36 Å². The summed E-state index contributed by atoms with van der Waals surface area (Å²) in [5.41, 5.74) is 2.14. The first-order valence-corrected chi connectivity index (χ1v) is 7.46. The Morgan fingerprint density at radius 1 is 1.35 bits per heavy atom. The predicted octanol–water partition coefficient (Wildman–Crippen LogP) is 1.78. The van der Waals surface area contributed by atoms with E-state index in [1.165, 1.54) is 10.9 Å². The van der Waals surface area contributed by atoms with Gasteiger partial charge in [0.2, 0.25) is 0 Å². The van der Waals surface area contributed by atoms with Gasteiger partial charge < -0.3 is 14.8 Å². The van der Waals surface area contributed by atoms with E-state index in [2.05, 4.69) is 9.97 Å². The van der Waals surface area contributed by atoms with Crippen LogP contribution in [0, 0.1) is 13.8 Å². The number of benzene rings is 1. The summed E-state index contributed by atoms with van der Waals surface area (Å²) in [7, 11) is 0. The Bertz CT molecular complexity index is 882. The van der Waals surface area contributed by atoms with Crippen LogP contribution in [0.15, 0.2) is 41.6 Å². The number of aryl methyl sites for hydroxylation is 1. The highest BCUT2D eigenvalue weighted by molar-refractivity contribution is 5.85. The molecule has 120 valence electrons. The molecule has 0 aliphatic carbocycles. The average molecular weight is 313 g/mol. The van der Waals surface area contributed by atoms with E-state index in [0.717, 1.165) is 10.9 Å². The maximum absolute atomic E-state index is 12.1. The summed E-state index contributed by atoms with van der Waals surface area (Å²) in [4.78, 5) is 19.4. The van der Waals surface area contributed by atoms with E-state index in [9.17, 15) is 9.90 Å². The minimum absolute atomic E-state index is 0.101. The molecule has 0 aliphatic rings. The zero-order chi connectivity index (χ0) is 16.4. The molecule has 0 aliphatic heterocycles. The van der Waals surface area contributed by atoms with Crippen molar-refractivity contribution in [2.45, 2.75) is 26.5 Å². The third-order valence-corrected chi connectivity index (χ3v) is 3.91. The van der Waals surface area contributed by atoms with Crippen molar-refractivity contribution in [2.24, 2.45) is 0 Å². The lowest BCUT2D eigenvalue weighted by Crippen LogP contribution is -2.31. The molecule has 0 saturated carbocycles. The molecule has 0 radical (unpaired) electrons. The van der Waals surface area contributed by atoms with Crippen LogP contribution >= 0.6 is 0 Å². The lowest BCUT2D eigenvalue weighted by atomic mass is 10.2. The van der Waals surface area contributed by atoms with Gasteiger partial charge >= 0.3 is 0 Å². The first kappa shape index (κ1) is 15.3. The van der Waals surface area contributed by atoms with Crippen LogP contribution in [0.5, 0.6) is 5.75 Å². The molecule has 2 aromatic heterocycles. The monoisotopic (exact) mass is 313 g/mol. The fraction of sp³-hybridized carbons (Fsp3) is 0.294. The molecule has 2 N–H and O–H groups in total. The quantitative estimate of drug-likeness (QED) is 0.752. The highest BCUT2D eigenvalue weighted by Gasteiger charge is 2.11. The summed E-state index contributed by atoms with van der Waals surface area (Å²) in [5.74, 6) is 0.702.